The van der Waals surface area contributed by atoms with E-state index < -0.39 is 0 Å². The van der Waals surface area contributed by atoms with Crippen LogP contribution in [-0.4, -0.2) is 33.0 Å². The van der Waals surface area contributed by atoms with Crippen LogP contribution < -0.4 is 0 Å². The zero-order chi connectivity index (χ0) is 7.66. The van der Waals surface area contributed by atoms with Gasteiger partial charge in [0.2, 0.25) is 0 Å². The van der Waals surface area contributed by atoms with Crippen molar-refractivity contribution in [3.63, 3.8) is 0 Å². The quantitative estimate of drug-likeness (QED) is 0.511. The van der Waals surface area contributed by atoms with Crippen LogP contribution in [0.4, 0.5) is 0 Å². The summed E-state index contributed by atoms with van der Waals surface area (Å²) in [6, 6.07) is 0. The van der Waals surface area contributed by atoms with E-state index in [1.54, 1.807) is 0 Å². The van der Waals surface area contributed by atoms with Crippen LogP contribution in [-0.2, 0) is 12.5 Å². The van der Waals surface area contributed by atoms with Crippen LogP contribution in [0.25, 0.3) is 0 Å². The van der Waals surface area contributed by atoms with E-state index in [9.17, 15) is 0 Å². The Morgan fingerprint density at radius 3 is 2.20 bits per heavy atom. The van der Waals surface area contributed by atoms with Crippen LogP contribution in [0.1, 0.15) is 6.92 Å². The highest BCUT2D eigenvalue weighted by Crippen LogP contribution is 1.85. The van der Waals surface area contributed by atoms with Crippen molar-refractivity contribution in [3.8, 4) is 0 Å². The molecule has 0 aliphatic rings. The average molecular weight is 260 g/mol. The van der Waals surface area contributed by atoms with Gasteiger partial charge in [0.25, 0.3) is 0 Å². The number of halogens is 1. The highest BCUT2D eigenvalue weighted by Gasteiger charge is 1.86. The minimum absolute atomic E-state index is 0.646. The third kappa shape index (κ3) is 8.61. The van der Waals surface area contributed by atoms with Gasteiger partial charge in [-0.2, -0.15) is 0 Å². The standard InChI is InChI=1S/C6H13IO3/c1-2-8-3-4-9-5-6-10-7/h2-6H2,1H3. The summed E-state index contributed by atoms with van der Waals surface area (Å²) in [7, 11) is 0. The molecule has 0 saturated carbocycles. The van der Waals surface area contributed by atoms with Gasteiger partial charge in [-0.05, 0) is 6.92 Å². The van der Waals surface area contributed by atoms with Crippen molar-refractivity contribution in [2.24, 2.45) is 0 Å². The predicted octanol–water partition coefficient (Wildman–Crippen LogP) is 1.41. The Morgan fingerprint density at radius 1 is 1.00 bits per heavy atom. The second-order valence-corrected chi connectivity index (χ2v) is 2.25. The molecule has 10 heavy (non-hydrogen) atoms. The van der Waals surface area contributed by atoms with Gasteiger partial charge >= 0.3 is 0 Å². The average Bonchev–Trinajstić information content (AvgIpc) is 1.97. The second-order valence-electron chi connectivity index (χ2n) is 1.62. The first-order valence-corrected chi connectivity index (χ1v) is 4.19. The Kier molecular flexibility index (Phi) is 10.2. The van der Waals surface area contributed by atoms with Crippen LogP contribution >= 0.6 is 23.0 Å². The van der Waals surface area contributed by atoms with Crippen molar-refractivity contribution < 1.29 is 12.5 Å². The summed E-state index contributed by atoms with van der Waals surface area (Å²) in [5.41, 5.74) is 0. The summed E-state index contributed by atoms with van der Waals surface area (Å²) in [5, 5.41) is 0. The van der Waals surface area contributed by atoms with Gasteiger partial charge in [0.15, 0.2) is 0 Å². The summed E-state index contributed by atoms with van der Waals surface area (Å²) >= 11 is 1.84. The Bertz CT molecular complexity index is 53.0. The smallest absolute Gasteiger partial charge is 0.109 e. The summed E-state index contributed by atoms with van der Waals surface area (Å²) in [6.07, 6.45) is 0. The molecular weight excluding hydrogens is 247 g/mol. The molecule has 0 spiro atoms. The third-order valence-electron chi connectivity index (χ3n) is 0.881. The van der Waals surface area contributed by atoms with Crippen LogP contribution in [0.3, 0.4) is 0 Å². The van der Waals surface area contributed by atoms with Crippen molar-refractivity contribution in [3.05, 3.63) is 0 Å². The van der Waals surface area contributed by atoms with E-state index in [1.807, 2.05) is 29.9 Å². The lowest BCUT2D eigenvalue weighted by molar-refractivity contribution is 0.0452. The maximum atomic E-state index is 5.12. The molecule has 0 radical (unpaired) electrons. The highest BCUT2D eigenvalue weighted by atomic mass is 127. The second kappa shape index (κ2) is 9.61. The summed E-state index contributed by atoms with van der Waals surface area (Å²) in [6.45, 7) is 5.36. The lowest BCUT2D eigenvalue weighted by atomic mass is 10.7. The molecule has 0 aliphatic carbocycles. The summed E-state index contributed by atoms with van der Waals surface area (Å²) in [5.74, 6) is 0. The molecular formula is C6H13IO3. The minimum atomic E-state index is 0.646. The molecule has 0 fully saturated rings. The van der Waals surface area contributed by atoms with Crippen LogP contribution in [0.2, 0.25) is 0 Å². The Balaban J connectivity index is 2.65. The lowest BCUT2D eigenvalue weighted by Gasteiger charge is -2.01. The topological polar surface area (TPSA) is 27.7 Å². The highest BCUT2D eigenvalue weighted by molar-refractivity contribution is 14.1. The molecule has 0 aromatic carbocycles. The van der Waals surface area contributed by atoms with Crippen LogP contribution in [0, 0.1) is 0 Å². The van der Waals surface area contributed by atoms with Gasteiger partial charge in [-0.3, -0.25) is 0 Å². The Morgan fingerprint density at radius 2 is 1.60 bits per heavy atom. The minimum Gasteiger partial charge on any atom is -0.379 e. The van der Waals surface area contributed by atoms with E-state index in [1.165, 1.54) is 0 Å². The molecule has 0 amide bonds. The first kappa shape index (κ1) is 10.6. The van der Waals surface area contributed by atoms with Crippen molar-refractivity contribution in [2.45, 2.75) is 6.92 Å². The van der Waals surface area contributed by atoms with Crippen molar-refractivity contribution in [1.29, 1.82) is 0 Å². The molecule has 3 nitrogen and oxygen atoms in total. The first-order valence-electron chi connectivity index (χ1n) is 3.30. The molecule has 62 valence electrons. The summed E-state index contributed by atoms with van der Waals surface area (Å²) in [4.78, 5) is 0. The van der Waals surface area contributed by atoms with E-state index in [0.29, 0.717) is 26.4 Å². The Hall–Kier alpha value is 0.610. The monoisotopic (exact) mass is 260 g/mol. The lowest BCUT2D eigenvalue weighted by Crippen LogP contribution is -2.07. The van der Waals surface area contributed by atoms with Crippen LogP contribution in [0.5, 0.6) is 0 Å². The van der Waals surface area contributed by atoms with E-state index >= 15 is 0 Å². The molecule has 0 aromatic heterocycles. The summed E-state index contributed by atoms with van der Waals surface area (Å²) < 4.78 is 14.9. The molecule has 0 bridgehead atoms. The maximum Gasteiger partial charge on any atom is 0.109 e. The largest absolute Gasteiger partial charge is 0.379 e. The fraction of sp³-hybridized carbons (Fsp3) is 1.00. The Labute approximate surface area is 75.7 Å². The van der Waals surface area contributed by atoms with Crippen LogP contribution in [0.15, 0.2) is 0 Å². The molecule has 4 heteroatoms. The van der Waals surface area contributed by atoms with E-state index in [-0.39, 0.29) is 0 Å². The zero-order valence-corrected chi connectivity index (χ0v) is 8.30. The molecule has 0 rings (SSSR count). The van der Waals surface area contributed by atoms with Gasteiger partial charge < -0.3 is 12.5 Å². The number of hydrogen-bond donors (Lipinski definition) is 0. The molecule has 0 aliphatic heterocycles. The molecule has 0 unspecified atom stereocenters. The van der Waals surface area contributed by atoms with Gasteiger partial charge in [0, 0.05) is 6.61 Å². The number of ether oxygens (including phenoxy) is 2. The normalized spacial score (nSPS) is 10.2. The van der Waals surface area contributed by atoms with Gasteiger partial charge in [0.1, 0.15) is 23.0 Å². The van der Waals surface area contributed by atoms with Gasteiger partial charge in [0.05, 0.1) is 26.4 Å². The van der Waals surface area contributed by atoms with E-state index in [4.69, 9.17) is 12.5 Å². The molecule has 0 atom stereocenters. The fourth-order valence-electron chi connectivity index (χ4n) is 0.455. The molecule has 0 N–H and O–H groups in total. The van der Waals surface area contributed by atoms with E-state index in [2.05, 4.69) is 0 Å². The number of hydrogen-bond acceptors (Lipinski definition) is 3. The van der Waals surface area contributed by atoms with Gasteiger partial charge in [-0.25, -0.2) is 0 Å². The number of rotatable bonds is 7. The van der Waals surface area contributed by atoms with Gasteiger partial charge in [-0.15, -0.1) is 0 Å². The molecule has 0 heterocycles. The fourth-order valence-corrected chi connectivity index (χ4v) is 0.634. The van der Waals surface area contributed by atoms with E-state index in [0.717, 1.165) is 6.61 Å². The predicted molar refractivity (Wildman–Crippen MR) is 47.3 cm³/mol. The zero-order valence-electron chi connectivity index (χ0n) is 6.14. The first-order chi connectivity index (χ1) is 4.91. The molecule has 0 aromatic rings. The SMILES string of the molecule is CCOCCOCCOI. The maximum absolute atomic E-state index is 5.12. The third-order valence-corrected chi connectivity index (χ3v) is 1.32. The molecule has 0 saturated heterocycles. The van der Waals surface area contributed by atoms with Crippen molar-refractivity contribution in [1.82, 2.24) is 0 Å². The van der Waals surface area contributed by atoms with Gasteiger partial charge in [-0.1, -0.05) is 0 Å². The van der Waals surface area contributed by atoms with Crippen molar-refractivity contribution in [2.75, 3.05) is 33.0 Å². The van der Waals surface area contributed by atoms with Crippen molar-refractivity contribution >= 4 is 23.0 Å².